The number of benzene rings is 1. The lowest BCUT2D eigenvalue weighted by molar-refractivity contribution is -0.193. The Labute approximate surface area is 213 Å². The van der Waals surface area contributed by atoms with Gasteiger partial charge in [0.1, 0.15) is 24.3 Å². The zero-order chi connectivity index (χ0) is 28.3. The first-order valence-corrected chi connectivity index (χ1v) is 11.2. The summed E-state index contributed by atoms with van der Waals surface area (Å²) in [5, 5.41) is 17.6. The van der Waals surface area contributed by atoms with Crippen LogP contribution >= 0.6 is 0 Å². The number of aliphatic carboxylic acids is 2. The fourth-order valence-corrected chi connectivity index (χ4v) is 3.23. The Bertz CT molecular complexity index is 1020. The topological polar surface area (TPSA) is 121 Å². The molecule has 0 amide bonds. The van der Waals surface area contributed by atoms with Gasteiger partial charge in [0.2, 0.25) is 5.88 Å². The highest BCUT2D eigenvalue weighted by Crippen LogP contribution is 2.26. The third kappa shape index (κ3) is 10.3. The number of carboxylic acid groups (broad SMARTS) is 2. The monoisotopic (exact) mass is 553 g/mol. The number of anilines is 1. The largest absolute Gasteiger partial charge is 0.490 e. The van der Waals surface area contributed by atoms with Gasteiger partial charge in [0.05, 0.1) is 0 Å². The number of hydrogen-bond donors (Lipinski definition) is 3. The van der Waals surface area contributed by atoms with Crippen molar-refractivity contribution in [2.75, 3.05) is 31.1 Å². The summed E-state index contributed by atoms with van der Waals surface area (Å²) in [7, 11) is 0. The van der Waals surface area contributed by atoms with Gasteiger partial charge in [0.15, 0.2) is 0 Å². The standard InChI is InChI=1S/C19H23N3O2.2C2HF3O2/c1-2-4-16(5-3-1)24-17-8-11-22(12-9-17)18-7-6-15-14-20-10-13-23-19(15)21-18;2*3-2(4,5)1(6)7/h1-7,17,20H,8-14H2;2*(H,6,7). The summed E-state index contributed by atoms with van der Waals surface area (Å²) in [6, 6.07) is 14.3. The van der Waals surface area contributed by atoms with E-state index in [0.29, 0.717) is 6.61 Å². The Morgan fingerprint density at radius 2 is 1.50 bits per heavy atom. The molecule has 1 fully saturated rings. The van der Waals surface area contributed by atoms with E-state index < -0.39 is 24.3 Å². The van der Waals surface area contributed by atoms with Crippen molar-refractivity contribution in [3.63, 3.8) is 0 Å². The van der Waals surface area contributed by atoms with Crippen molar-refractivity contribution < 1.29 is 55.6 Å². The molecule has 0 radical (unpaired) electrons. The van der Waals surface area contributed by atoms with Gasteiger partial charge in [-0.05, 0) is 24.3 Å². The van der Waals surface area contributed by atoms with Crippen LogP contribution in [0.1, 0.15) is 18.4 Å². The summed E-state index contributed by atoms with van der Waals surface area (Å²) in [5.41, 5.74) is 1.14. The summed E-state index contributed by atoms with van der Waals surface area (Å²) in [6.07, 6.45) is -7.86. The van der Waals surface area contributed by atoms with Gasteiger partial charge in [-0.1, -0.05) is 18.2 Å². The van der Waals surface area contributed by atoms with Gasteiger partial charge >= 0.3 is 24.3 Å². The second-order valence-corrected chi connectivity index (χ2v) is 7.88. The highest BCUT2D eigenvalue weighted by Gasteiger charge is 2.38. The zero-order valence-electron chi connectivity index (χ0n) is 19.8. The number of piperidine rings is 1. The van der Waals surface area contributed by atoms with E-state index in [1.165, 1.54) is 0 Å². The van der Waals surface area contributed by atoms with Crippen LogP contribution in [0.3, 0.4) is 0 Å². The smallest absolute Gasteiger partial charge is 0.490 e. The number of aromatic nitrogens is 1. The van der Waals surface area contributed by atoms with E-state index in [9.17, 15) is 26.3 Å². The van der Waals surface area contributed by atoms with E-state index in [1.807, 2.05) is 30.3 Å². The van der Waals surface area contributed by atoms with Gasteiger partial charge in [-0.2, -0.15) is 31.3 Å². The summed E-state index contributed by atoms with van der Waals surface area (Å²) in [6.45, 7) is 4.29. The average Bonchev–Trinajstić information content (AvgIpc) is 3.10. The number of pyridine rings is 1. The summed E-state index contributed by atoms with van der Waals surface area (Å²) < 4.78 is 75.3. The number of ether oxygens (including phenoxy) is 2. The quantitative estimate of drug-likeness (QED) is 0.487. The molecule has 0 saturated carbocycles. The number of nitrogens with zero attached hydrogens (tertiary/aromatic N) is 2. The maximum Gasteiger partial charge on any atom is 0.490 e. The lowest BCUT2D eigenvalue weighted by Crippen LogP contribution is -2.38. The van der Waals surface area contributed by atoms with Gasteiger partial charge in [0.25, 0.3) is 0 Å². The van der Waals surface area contributed by atoms with Crippen molar-refractivity contribution >= 4 is 17.8 Å². The molecule has 0 aliphatic carbocycles. The highest BCUT2D eigenvalue weighted by atomic mass is 19.4. The molecule has 2 aliphatic heterocycles. The lowest BCUT2D eigenvalue weighted by Gasteiger charge is -2.33. The molecule has 3 heterocycles. The first-order chi connectivity index (χ1) is 17.8. The zero-order valence-corrected chi connectivity index (χ0v) is 19.8. The number of halogens is 6. The van der Waals surface area contributed by atoms with Crippen LogP contribution in [0.25, 0.3) is 0 Å². The van der Waals surface area contributed by atoms with Crippen LogP contribution < -0.4 is 19.7 Å². The molecule has 0 atom stereocenters. The summed E-state index contributed by atoms with van der Waals surface area (Å²) >= 11 is 0. The molecule has 9 nitrogen and oxygen atoms in total. The minimum atomic E-state index is -5.08. The SMILES string of the molecule is O=C(O)C(F)(F)F.O=C(O)C(F)(F)F.c1ccc(OC2CCN(c3ccc4c(n3)OCCNC4)CC2)cc1. The van der Waals surface area contributed by atoms with Crippen LogP contribution in [0.15, 0.2) is 42.5 Å². The third-order valence-corrected chi connectivity index (χ3v) is 5.05. The average molecular weight is 553 g/mol. The molecule has 1 saturated heterocycles. The second-order valence-electron chi connectivity index (χ2n) is 7.88. The van der Waals surface area contributed by atoms with Crippen LogP contribution in [0, 0.1) is 0 Å². The maximum absolute atomic E-state index is 10.6. The minimum Gasteiger partial charge on any atom is -0.490 e. The minimum absolute atomic E-state index is 0.282. The maximum atomic E-state index is 10.6. The summed E-state index contributed by atoms with van der Waals surface area (Å²) in [4.78, 5) is 24.8. The van der Waals surface area contributed by atoms with Crippen LogP contribution in [-0.4, -0.2) is 71.8 Å². The van der Waals surface area contributed by atoms with Gasteiger partial charge in [-0.3, -0.25) is 0 Å². The van der Waals surface area contributed by atoms with Crippen molar-refractivity contribution in [3.8, 4) is 11.6 Å². The van der Waals surface area contributed by atoms with Crippen molar-refractivity contribution in [1.82, 2.24) is 10.3 Å². The summed E-state index contributed by atoms with van der Waals surface area (Å²) in [5.74, 6) is -2.77. The number of rotatable bonds is 3. The first-order valence-electron chi connectivity index (χ1n) is 11.2. The number of fused-ring (bicyclic) bond motifs is 1. The van der Waals surface area contributed by atoms with Crippen molar-refractivity contribution in [3.05, 3.63) is 48.0 Å². The number of carboxylic acids is 2. The molecule has 2 aliphatic rings. The second kappa shape index (κ2) is 13.7. The molecule has 3 N–H and O–H groups in total. The van der Waals surface area contributed by atoms with E-state index in [1.54, 1.807) is 0 Å². The Hall–Kier alpha value is -3.75. The van der Waals surface area contributed by atoms with Crippen molar-refractivity contribution in [1.29, 1.82) is 0 Å². The van der Waals surface area contributed by atoms with Crippen molar-refractivity contribution in [2.45, 2.75) is 37.8 Å². The molecule has 210 valence electrons. The Morgan fingerprint density at radius 3 is 2.03 bits per heavy atom. The molecule has 38 heavy (non-hydrogen) atoms. The predicted octanol–water partition coefficient (Wildman–Crippen LogP) is 3.88. The van der Waals surface area contributed by atoms with Crippen LogP contribution in [-0.2, 0) is 16.1 Å². The first kappa shape index (κ1) is 30.5. The molecule has 1 aromatic carbocycles. The van der Waals surface area contributed by atoms with Gasteiger partial charge in [-0.25, -0.2) is 9.59 Å². The normalized spacial score (nSPS) is 15.8. The molecule has 1 aromatic heterocycles. The molecule has 4 rings (SSSR count). The van der Waals surface area contributed by atoms with Crippen LogP contribution in [0.4, 0.5) is 32.2 Å². The van der Waals surface area contributed by atoms with Crippen LogP contribution in [0.2, 0.25) is 0 Å². The Morgan fingerprint density at radius 1 is 0.947 bits per heavy atom. The van der Waals surface area contributed by atoms with E-state index in [-0.39, 0.29) is 6.10 Å². The molecular formula is C23H25F6N3O6. The van der Waals surface area contributed by atoms with E-state index in [2.05, 4.69) is 22.3 Å². The fourth-order valence-electron chi connectivity index (χ4n) is 3.23. The number of nitrogens with one attached hydrogen (secondary N) is 1. The van der Waals surface area contributed by atoms with Crippen molar-refractivity contribution in [2.24, 2.45) is 0 Å². The number of carbonyl (C=O) groups is 2. The van der Waals surface area contributed by atoms with Crippen LogP contribution in [0.5, 0.6) is 11.6 Å². The van der Waals surface area contributed by atoms with E-state index >= 15 is 0 Å². The van der Waals surface area contributed by atoms with Gasteiger partial charge < -0.3 is 29.9 Å². The molecule has 15 heteroatoms. The number of alkyl halides is 6. The third-order valence-electron chi connectivity index (χ3n) is 5.05. The lowest BCUT2D eigenvalue weighted by atomic mass is 10.1. The van der Waals surface area contributed by atoms with E-state index in [0.717, 1.165) is 62.0 Å². The molecular weight excluding hydrogens is 528 g/mol. The Balaban J connectivity index is 0.000000301. The fraction of sp³-hybridized carbons (Fsp3) is 0.435. The molecule has 2 aromatic rings. The predicted molar refractivity (Wildman–Crippen MR) is 121 cm³/mol. The highest BCUT2D eigenvalue weighted by molar-refractivity contribution is 5.73. The molecule has 0 bridgehead atoms. The number of para-hydroxylation sites is 1. The van der Waals surface area contributed by atoms with E-state index in [4.69, 9.17) is 34.3 Å². The molecule has 0 unspecified atom stereocenters. The Kier molecular flexibility index (Phi) is 11.0. The van der Waals surface area contributed by atoms with Gasteiger partial charge in [0, 0.05) is 44.6 Å². The van der Waals surface area contributed by atoms with Gasteiger partial charge in [-0.15, -0.1) is 0 Å². The number of hydrogen-bond acceptors (Lipinski definition) is 7. The molecule has 0 spiro atoms.